The fourth-order valence-corrected chi connectivity index (χ4v) is 4.40. The Morgan fingerprint density at radius 3 is 2.57 bits per heavy atom. The SMILES string of the molecule is CCOc1ccc(-c2ccc(Cc3coc(C(N)=O)c3-c3ccccc3F)s2)cc1. The Bertz CT molecular complexity index is 1180. The van der Waals surface area contributed by atoms with Gasteiger partial charge in [-0.15, -0.1) is 11.3 Å². The fraction of sp³-hybridized carbons (Fsp3) is 0.125. The average Bonchev–Trinajstić information content (AvgIpc) is 3.37. The Morgan fingerprint density at radius 1 is 1.10 bits per heavy atom. The zero-order valence-electron chi connectivity index (χ0n) is 16.4. The fourth-order valence-electron chi connectivity index (χ4n) is 3.36. The number of ether oxygens (including phenoxy) is 1. The van der Waals surface area contributed by atoms with Gasteiger partial charge in [0.15, 0.2) is 5.76 Å². The maximum atomic E-state index is 14.4. The largest absolute Gasteiger partial charge is 0.494 e. The number of thiophene rings is 1. The van der Waals surface area contributed by atoms with E-state index in [1.807, 2.05) is 43.3 Å². The normalized spacial score (nSPS) is 10.9. The zero-order valence-corrected chi connectivity index (χ0v) is 17.2. The van der Waals surface area contributed by atoms with E-state index < -0.39 is 11.7 Å². The summed E-state index contributed by atoms with van der Waals surface area (Å²) in [7, 11) is 0. The number of hydrogen-bond donors (Lipinski definition) is 1. The quantitative estimate of drug-likeness (QED) is 0.404. The highest BCUT2D eigenvalue weighted by molar-refractivity contribution is 7.15. The van der Waals surface area contributed by atoms with E-state index in [1.54, 1.807) is 29.5 Å². The smallest absolute Gasteiger partial charge is 0.285 e. The molecule has 0 aliphatic heterocycles. The number of nitrogens with two attached hydrogens (primary N) is 1. The number of hydrogen-bond acceptors (Lipinski definition) is 4. The summed E-state index contributed by atoms with van der Waals surface area (Å²) in [4.78, 5) is 14.0. The molecular weight excluding hydrogens is 401 g/mol. The van der Waals surface area contributed by atoms with E-state index >= 15 is 0 Å². The molecule has 30 heavy (non-hydrogen) atoms. The van der Waals surface area contributed by atoms with E-state index in [9.17, 15) is 9.18 Å². The van der Waals surface area contributed by atoms with Gasteiger partial charge in [-0.25, -0.2) is 4.39 Å². The highest BCUT2D eigenvalue weighted by Gasteiger charge is 2.22. The minimum Gasteiger partial charge on any atom is -0.494 e. The molecule has 2 N–H and O–H groups in total. The van der Waals surface area contributed by atoms with E-state index in [0.717, 1.165) is 21.1 Å². The lowest BCUT2D eigenvalue weighted by Gasteiger charge is -2.06. The van der Waals surface area contributed by atoms with Crippen LogP contribution in [0.1, 0.15) is 27.9 Å². The number of furan rings is 1. The first-order chi connectivity index (χ1) is 14.6. The van der Waals surface area contributed by atoms with E-state index in [1.165, 1.54) is 12.3 Å². The third-order valence-corrected chi connectivity index (χ3v) is 5.84. The molecule has 0 bridgehead atoms. The van der Waals surface area contributed by atoms with Gasteiger partial charge in [0, 0.05) is 32.9 Å². The maximum absolute atomic E-state index is 14.4. The van der Waals surface area contributed by atoms with Gasteiger partial charge in [-0.05, 0) is 55.0 Å². The van der Waals surface area contributed by atoms with Crippen LogP contribution in [-0.2, 0) is 6.42 Å². The van der Waals surface area contributed by atoms with Gasteiger partial charge in [-0.1, -0.05) is 18.2 Å². The van der Waals surface area contributed by atoms with Gasteiger partial charge in [0.05, 0.1) is 12.9 Å². The predicted octanol–water partition coefficient (Wildman–Crippen LogP) is 5.90. The van der Waals surface area contributed by atoms with Crippen molar-refractivity contribution in [3.8, 4) is 27.3 Å². The summed E-state index contributed by atoms with van der Waals surface area (Å²) in [5.41, 5.74) is 7.99. The maximum Gasteiger partial charge on any atom is 0.285 e. The minimum absolute atomic E-state index is 0.0293. The molecular formula is C24H20FNO3S. The lowest BCUT2D eigenvalue weighted by atomic mass is 9.98. The molecule has 1 amide bonds. The topological polar surface area (TPSA) is 65.5 Å². The van der Waals surface area contributed by atoms with Crippen LogP contribution in [0.5, 0.6) is 5.75 Å². The monoisotopic (exact) mass is 421 g/mol. The van der Waals surface area contributed by atoms with E-state index in [-0.39, 0.29) is 5.76 Å². The van der Waals surface area contributed by atoms with Crippen molar-refractivity contribution in [2.24, 2.45) is 5.73 Å². The molecule has 2 aromatic heterocycles. The molecule has 0 spiro atoms. The molecule has 4 rings (SSSR count). The molecule has 6 heteroatoms. The lowest BCUT2D eigenvalue weighted by Crippen LogP contribution is -2.11. The lowest BCUT2D eigenvalue weighted by molar-refractivity contribution is 0.0975. The molecule has 4 aromatic rings. The summed E-state index contributed by atoms with van der Waals surface area (Å²) in [6.07, 6.45) is 1.99. The second-order valence-corrected chi connectivity index (χ2v) is 7.88. The van der Waals surface area contributed by atoms with Crippen LogP contribution in [0, 0.1) is 5.82 Å². The van der Waals surface area contributed by atoms with Crippen LogP contribution in [0.3, 0.4) is 0 Å². The molecule has 152 valence electrons. The van der Waals surface area contributed by atoms with Crippen molar-refractivity contribution in [2.45, 2.75) is 13.3 Å². The molecule has 0 aliphatic rings. The van der Waals surface area contributed by atoms with E-state index in [2.05, 4.69) is 0 Å². The van der Waals surface area contributed by atoms with Gasteiger partial charge in [-0.3, -0.25) is 4.79 Å². The minimum atomic E-state index is -0.722. The van der Waals surface area contributed by atoms with Crippen molar-refractivity contribution in [3.63, 3.8) is 0 Å². The number of carbonyl (C=O) groups is 1. The van der Waals surface area contributed by atoms with Gasteiger partial charge in [0.1, 0.15) is 11.6 Å². The molecule has 0 saturated carbocycles. The third kappa shape index (κ3) is 4.00. The van der Waals surface area contributed by atoms with Crippen molar-refractivity contribution in [2.75, 3.05) is 6.61 Å². The first-order valence-electron chi connectivity index (χ1n) is 9.53. The van der Waals surface area contributed by atoms with Crippen molar-refractivity contribution >= 4 is 17.2 Å². The number of halogens is 1. The van der Waals surface area contributed by atoms with E-state index in [4.69, 9.17) is 14.9 Å². The molecule has 0 fully saturated rings. The Hall–Kier alpha value is -3.38. The van der Waals surface area contributed by atoms with Crippen molar-refractivity contribution in [1.82, 2.24) is 0 Å². The summed E-state index contributed by atoms with van der Waals surface area (Å²) in [5.74, 6) is -0.340. The van der Waals surface area contributed by atoms with Crippen LogP contribution in [-0.4, -0.2) is 12.5 Å². The Labute approximate surface area is 177 Å². The van der Waals surface area contributed by atoms with Crippen LogP contribution >= 0.6 is 11.3 Å². The highest BCUT2D eigenvalue weighted by atomic mass is 32.1. The number of primary amides is 1. The van der Waals surface area contributed by atoms with Crippen LogP contribution in [0.2, 0.25) is 0 Å². The van der Waals surface area contributed by atoms with Gasteiger partial charge in [0.25, 0.3) is 5.91 Å². The van der Waals surface area contributed by atoms with Gasteiger partial charge in [-0.2, -0.15) is 0 Å². The van der Waals surface area contributed by atoms with Gasteiger partial charge in [0.2, 0.25) is 0 Å². The number of benzene rings is 2. The van der Waals surface area contributed by atoms with Crippen molar-refractivity contribution < 1.29 is 18.3 Å². The van der Waals surface area contributed by atoms with Crippen LogP contribution in [0.15, 0.2) is 71.3 Å². The molecule has 0 saturated heterocycles. The van der Waals surface area contributed by atoms with Crippen LogP contribution < -0.4 is 10.5 Å². The Morgan fingerprint density at radius 2 is 1.87 bits per heavy atom. The zero-order chi connectivity index (χ0) is 21.1. The standard InChI is InChI=1S/C24H20FNO3S/c1-2-28-17-9-7-15(8-10-17)21-12-11-18(30-21)13-16-14-29-23(24(26)27)22(16)19-5-3-4-6-20(19)25/h3-12,14H,2,13H2,1H3,(H2,26,27). The average molecular weight is 421 g/mol. The van der Waals surface area contributed by atoms with Crippen molar-refractivity contribution in [1.29, 1.82) is 0 Å². The highest BCUT2D eigenvalue weighted by Crippen LogP contribution is 2.36. The predicted molar refractivity (Wildman–Crippen MR) is 116 cm³/mol. The molecule has 0 aliphatic carbocycles. The molecule has 2 aromatic carbocycles. The van der Waals surface area contributed by atoms with Crippen LogP contribution in [0.4, 0.5) is 4.39 Å². The molecule has 4 nitrogen and oxygen atoms in total. The third-order valence-electron chi connectivity index (χ3n) is 4.71. The number of rotatable bonds is 7. The first kappa shape index (κ1) is 19.9. The summed E-state index contributed by atoms with van der Waals surface area (Å²) in [6.45, 7) is 2.58. The first-order valence-corrected chi connectivity index (χ1v) is 10.4. The van der Waals surface area contributed by atoms with Crippen molar-refractivity contribution in [3.05, 3.63) is 88.9 Å². The molecule has 2 heterocycles. The summed E-state index contributed by atoms with van der Waals surface area (Å²) in [5, 5.41) is 0. The second kappa shape index (κ2) is 8.55. The van der Waals surface area contributed by atoms with E-state index in [0.29, 0.717) is 29.7 Å². The Kier molecular flexibility index (Phi) is 5.68. The van der Waals surface area contributed by atoms with Gasteiger partial charge < -0.3 is 14.9 Å². The summed E-state index contributed by atoms with van der Waals surface area (Å²) < 4.78 is 25.3. The molecule has 0 radical (unpaired) electrons. The second-order valence-electron chi connectivity index (χ2n) is 6.71. The number of amides is 1. The summed E-state index contributed by atoms with van der Waals surface area (Å²) >= 11 is 1.63. The molecule has 0 atom stereocenters. The Balaban J connectivity index is 1.64. The van der Waals surface area contributed by atoms with Gasteiger partial charge >= 0.3 is 0 Å². The summed E-state index contributed by atoms with van der Waals surface area (Å²) in [6, 6.07) is 18.3. The van der Waals surface area contributed by atoms with Crippen LogP contribution in [0.25, 0.3) is 21.6 Å². The molecule has 0 unspecified atom stereocenters. The number of carbonyl (C=O) groups excluding carboxylic acids is 1.